The van der Waals surface area contributed by atoms with E-state index >= 15 is 0 Å². The maximum atomic E-state index is 12.5. The molecule has 7 heteroatoms. The van der Waals surface area contributed by atoms with Gasteiger partial charge in [-0.25, -0.2) is 0 Å². The van der Waals surface area contributed by atoms with Crippen molar-refractivity contribution in [2.75, 3.05) is 25.6 Å². The number of benzene rings is 2. The molecule has 0 aliphatic carbocycles. The van der Waals surface area contributed by atoms with Crippen molar-refractivity contribution in [1.29, 1.82) is 0 Å². The van der Waals surface area contributed by atoms with E-state index in [0.29, 0.717) is 24.4 Å². The minimum absolute atomic E-state index is 0.222. The van der Waals surface area contributed by atoms with Gasteiger partial charge in [0, 0.05) is 25.4 Å². The van der Waals surface area contributed by atoms with Crippen LogP contribution < -0.4 is 16.4 Å². The third kappa shape index (κ3) is 5.79. The van der Waals surface area contributed by atoms with Gasteiger partial charge in [-0.3, -0.25) is 9.59 Å². The monoisotopic (exact) mass is 389 g/mol. The van der Waals surface area contributed by atoms with Crippen molar-refractivity contribution < 1.29 is 14.3 Å². The van der Waals surface area contributed by atoms with Crippen LogP contribution in [0.5, 0.6) is 0 Å². The van der Waals surface area contributed by atoms with Crippen LogP contribution in [-0.2, 0) is 9.53 Å². The van der Waals surface area contributed by atoms with Gasteiger partial charge in [0.25, 0.3) is 5.91 Å². The number of carbonyl (C=O) groups excluding carboxylic acids is 2. The zero-order chi connectivity index (χ0) is 19.8. The van der Waals surface area contributed by atoms with Crippen LogP contribution in [0.4, 0.5) is 5.69 Å². The number of hydrogen-bond acceptors (Lipinski definition) is 4. The summed E-state index contributed by atoms with van der Waals surface area (Å²) in [4.78, 5) is 24.6. The largest absolute Gasteiger partial charge is 0.383 e. The summed E-state index contributed by atoms with van der Waals surface area (Å²) in [6.07, 6.45) is 0. The topological polar surface area (TPSA) is 93.5 Å². The predicted molar refractivity (Wildman–Crippen MR) is 107 cm³/mol. The average Bonchev–Trinajstić information content (AvgIpc) is 2.67. The molecule has 2 aromatic carbocycles. The summed E-state index contributed by atoms with van der Waals surface area (Å²) in [5.74, 6) is -0.961. The molecule has 144 valence electrons. The summed E-state index contributed by atoms with van der Waals surface area (Å²) in [6, 6.07) is 13.8. The van der Waals surface area contributed by atoms with Crippen molar-refractivity contribution in [1.82, 2.24) is 5.32 Å². The number of methoxy groups -OCH3 is 1. The first kappa shape index (κ1) is 20.9. The first-order chi connectivity index (χ1) is 12.9. The summed E-state index contributed by atoms with van der Waals surface area (Å²) in [5.41, 5.74) is 7.92. The van der Waals surface area contributed by atoms with Crippen LogP contribution in [0, 0.1) is 5.92 Å². The highest BCUT2D eigenvalue weighted by Crippen LogP contribution is 2.24. The van der Waals surface area contributed by atoms with Crippen molar-refractivity contribution >= 4 is 29.1 Å². The van der Waals surface area contributed by atoms with Gasteiger partial charge < -0.3 is 21.1 Å². The van der Waals surface area contributed by atoms with Gasteiger partial charge in [-0.15, -0.1) is 0 Å². The highest BCUT2D eigenvalue weighted by molar-refractivity contribution is 6.34. The maximum absolute atomic E-state index is 12.5. The molecule has 2 unspecified atom stereocenters. The zero-order valence-corrected chi connectivity index (χ0v) is 16.1. The fourth-order valence-corrected chi connectivity index (χ4v) is 2.79. The molecule has 2 rings (SSSR count). The summed E-state index contributed by atoms with van der Waals surface area (Å²) in [7, 11) is 1.56. The molecule has 0 spiro atoms. The highest BCUT2D eigenvalue weighted by Gasteiger charge is 2.22. The molecular weight excluding hydrogens is 366 g/mol. The van der Waals surface area contributed by atoms with Crippen molar-refractivity contribution in [3.63, 3.8) is 0 Å². The number of carbonyl (C=O) groups is 2. The number of rotatable bonds is 8. The van der Waals surface area contributed by atoms with Crippen LogP contribution in [-0.4, -0.2) is 32.1 Å². The minimum Gasteiger partial charge on any atom is -0.383 e. The van der Waals surface area contributed by atoms with Crippen LogP contribution >= 0.6 is 11.6 Å². The Hall–Kier alpha value is -2.41. The van der Waals surface area contributed by atoms with Gasteiger partial charge in [0.05, 0.1) is 23.1 Å². The first-order valence-electron chi connectivity index (χ1n) is 8.62. The number of anilines is 1. The molecule has 0 bridgehead atoms. The number of nitrogens with one attached hydrogen (secondary N) is 2. The number of ether oxygens (including phenoxy) is 1. The predicted octanol–water partition coefficient (Wildman–Crippen LogP) is 2.99. The van der Waals surface area contributed by atoms with Crippen LogP contribution in [0.15, 0.2) is 48.5 Å². The molecule has 0 saturated heterocycles. The molecule has 0 radical (unpaired) electrons. The number of halogens is 1. The van der Waals surface area contributed by atoms with Crippen LogP contribution in [0.1, 0.15) is 28.9 Å². The molecular formula is C20H24ClN3O3. The van der Waals surface area contributed by atoms with Crippen LogP contribution in [0.25, 0.3) is 0 Å². The van der Waals surface area contributed by atoms with E-state index in [9.17, 15) is 9.59 Å². The Kier molecular flexibility index (Phi) is 7.79. The lowest BCUT2D eigenvalue weighted by molar-refractivity contribution is -0.120. The first-order valence-corrected chi connectivity index (χ1v) is 9.00. The standard InChI is InChI=1S/C20H24ClN3O3/c1-13(18(22)14-6-4-3-5-7-14)19(25)24-15-8-9-16(17(21)12-15)20(26)23-10-11-27-2/h3-9,12-13,18H,10-11,22H2,1-2H3,(H,23,26)(H,24,25). The molecule has 0 fully saturated rings. The van der Waals surface area contributed by atoms with Crippen LogP contribution in [0.2, 0.25) is 5.02 Å². The second kappa shape index (κ2) is 10.1. The van der Waals surface area contributed by atoms with Crippen molar-refractivity contribution in [2.45, 2.75) is 13.0 Å². The van der Waals surface area contributed by atoms with Gasteiger partial charge in [0.1, 0.15) is 0 Å². The number of nitrogens with two attached hydrogens (primary N) is 1. The minimum atomic E-state index is -0.441. The SMILES string of the molecule is COCCNC(=O)c1ccc(NC(=O)C(C)C(N)c2ccccc2)cc1Cl. The van der Waals surface area contributed by atoms with Gasteiger partial charge in [0.15, 0.2) is 0 Å². The molecule has 27 heavy (non-hydrogen) atoms. The third-order valence-electron chi connectivity index (χ3n) is 4.21. The van der Waals surface area contributed by atoms with E-state index in [1.165, 1.54) is 0 Å². The molecule has 6 nitrogen and oxygen atoms in total. The Balaban J connectivity index is 2.01. The van der Waals surface area contributed by atoms with Gasteiger partial charge in [-0.2, -0.15) is 0 Å². The maximum Gasteiger partial charge on any atom is 0.252 e. The Morgan fingerprint density at radius 3 is 2.52 bits per heavy atom. The van der Waals surface area contributed by atoms with Gasteiger partial charge in [0.2, 0.25) is 5.91 Å². The zero-order valence-electron chi connectivity index (χ0n) is 15.4. The summed E-state index contributed by atoms with van der Waals surface area (Å²) in [5, 5.41) is 5.75. The fraction of sp³-hybridized carbons (Fsp3) is 0.300. The van der Waals surface area contributed by atoms with E-state index in [2.05, 4.69) is 10.6 Å². The molecule has 0 aliphatic rings. The lowest BCUT2D eigenvalue weighted by Gasteiger charge is -2.20. The van der Waals surface area contributed by atoms with E-state index in [1.807, 2.05) is 30.3 Å². The molecule has 0 saturated carbocycles. The molecule has 2 amide bonds. The molecule has 0 heterocycles. The van der Waals surface area contributed by atoms with Crippen molar-refractivity contribution in [3.8, 4) is 0 Å². The van der Waals surface area contributed by atoms with Crippen molar-refractivity contribution in [2.24, 2.45) is 11.7 Å². The van der Waals surface area contributed by atoms with Gasteiger partial charge in [-0.05, 0) is 23.8 Å². The molecule has 0 aliphatic heterocycles. The second-order valence-corrected chi connectivity index (χ2v) is 6.56. The van der Waals surface area contributed by atoms with Crippen LogP contribution in [0.3, 0.4) is 0 Å². The van der Waals surface area contributed by atoms with Crippen molar-refractivity contribution in [3.05, 3.63) is 64.7 Å². The number of hydrogen-bond donors (Lipinski definition) is 3. The second-order valence-electron chi connectivity index (χ2n) is 6.16. The number of amides is 2. The normalized spacial score (nSPS) is 12.9. The summed E-state index contributed by atoms with van der Waals surface area (Å²) in [6.45, 7) is 2.57. The van der Waals surface area contributed by atoms with E-state index in [-0.39, 0.29) is 16.8 Å². The van der Waals surface area contributed by atoms with Gasteiger partial charge in [-0.1, -0.05) is 48.9 Å². The molecule has 4 N–H and O–H groups in total. The molecule has 2 atom stereocenters. The molecule has 0 aromatic heterocycles. The lowest BCUT2D eigenvalue weighted by atomic mass is 9.94. The smallest absolute Gasteiger partial charge is 0.252 e. The van der Waals surface area contributed by atoms with E-state index in [4.69, 9.17) is 22.1 Å². The summed E-state index contributed by atoms with van der Waals surface area (Å²) < 4.78 is 4.89. The highest BCUT2D eigenvalue weighted by atomic mass is 35.5. The quantitative estimate of drug-likeness (QED) is 0.605. The Bertz CT molecular complexity index is 783. The average molecular weight is 390 g/mol. The Labute approximate surface area is 164 Å². The van der Waals surface area contributed by atoms with E-state index in [0.717, 1.165) is 5.56 Å². The van der Waals surface area contributed by atoms with E-state index < -0.39 is 12.0 Å². The molecule has 2 aromatic rings. The Morgan fingerprint density at radius 1 is 1.19 bits per heavy atom. The lowest BCUT2D eigenvalue weighted by Crippen LogP contribution is -2.30. The fourth-order valence-electron chi connectivity index (χ4n) is 2.52. The van der Waals surface area contributed by atoms with E-state index in [1.54, 1.807) is 32.2 Å². The summed E-state index contributed by atoms with van der Waals surface area (Å²) >= 11 is 6.19. The van der Waals surface area contributed by atoms with Gasteiger partial charge >= 0.3 is 0 Å². The third-order valence-corrected chi connectivity index (χ3v) is 4.52. The Morgan fingerprint density at radius 2 is 1.89 bits per heavy atom.